The molecule has 0 bridgehead atoms. The van der Waals surface area contributed by atoms with Crippen LogP contribution in [0, 0.1) is 0 Å². The van der Waals surface area contributed by atoms with E-state index in [2.05, 4.69) is 14.7 Å². The van der Waals surface area contributed by atoms with Crippen molar-refractivity contribution in [2.75, 3.05) is 7.11 Å². The third kappa shape index (κ3) is 4.21. The van der Waals surface area contributed by atoms with E-state index in [9.17, 15) is 8.42 Å². The number of sulfonamides is 1. The first-order valence-corrected chi connectivity index (χ1v) is 7.92. The molecule has 1 aromatic heterocycles. The maximum absolute atomic E-state index is 12.1. The summed E-state index contributed by atoms with van der Waals surface area (Å²) in [5.41, 5.74) is 1.77. The van der Waals surface area contributed by atoms with E-state index in [1.807, 2.05) is 24.3 Å². The first kappa shape index (κ1) is 15.8. The van der Waals surface area contributed by atoms with Gasteiger partial charge in [0, 0.05) is 13.7 Å². The standard InChI is InChI=1S/C13H14ClN3O3S/c1-20-9-11-5-3-2-4-10(11)6-17-21(18,19)12-7-15-13(14)16-8-12/h2-5,7-8,17H,6,9H2,1H3. The van der Waals surface area contributed by atoms with E-state index < -0.39 is 10.0 Å². The number of nitrogens with zero attached hydrogens (tertiary/aromatic N) is 2. The highest BCUT2D eigenvalue weighted by molar-refractivity contribution is 7.89. The molecule has 0 spiro atoms. The van der Waals surface area contributed by atoms with E-state index >= 15 is 0 Å². The van der Waals surface area contributed by atoms with Crippen LogP contribution in [-0.4, -0.2) is 25.5 Å². The van der Waals surface area contributed by atoms with Gasteiger partial charge >= 0.3 is 0 Å². The molecule has 0 fully saturated rings. The van der Waals surface area contributed by atoms with Crippen LogP contribution in [0.3, 0.4) is 0 Å². The van der Waals surface area contributed by atoms with Crippen LogP contribution in [0.25, 0.3) is 0 Å². The van der Waals surface area contributed by atoms with E-state index in [4.69, 9.17) is 16.3 Å². The number of hydrogen-bond donors (Lipinski definition) is 1. The average molecular weight is 328 g/mol. The number of halogens is 1. The quantitative estimate of drug-likeness (QED) is 0.817. The lowest BCUT2D eigenvalue weighted by Crippen LogP contribution is -2.24. The van der Waals surface area contributed by atoms with Crippen LogP contribution in [0.4, 0.5) is 0 Å². The second kappa shape index (κ2) is 6.95. The zero-order valence-electron chi connectivity index (χ0n) is 11.3. The zero-order chi connectivity index (χ0) is 15.3. The predicted octanol–water partition coefficient (Wildman–Crippen LogP) is 1.75. The second-order valence-electron chi connectivity index (χ2n) is 4.21. The number of nitrogens with one attached hydrogen (secondary N) is 1. The summed E-state index contributed by atoms with van der Waals surface area (Å²) in [7, 11) is -2.09. The third-order valence-electron chi connectivity index (χ3n) is 2.78. The summed E-state index contributed by atoms with van der Waals surface area (Å²) in [5, 5.41) is -0.000565. The molecule has 0 aliphatic heterocycles. The summed E-state index contributed by atoms with van der Waals surface area (Å²) in [5.74, 6) is 0. The smallest absolute Gasteiger partial charge is 0.243 e. The van der Waals surface area contributed by atoms with Gasteiger partial charge in [-0.3, -0.25) is 0 Å². The van der Waals surface area contributed by atoms with E-state index in [1.54, 1.807) is 7.11 Å². The second-order valence-corrected chi connectivity index (χ2v) is 6.32. The van der Waals surface area contributed by atoms with Crippen LogP contribution in [0.2, 0.25) is 5.28 Å². The molecule has 21 heavy (non-hydrogen) atoms. The van der Waals surface area contributed by atoms with E-state index in [-0.39, 0.29) is 16.7 Å². The Morgan fingerprint density at radius 3 is 2.43 bits per heavy atom. The summed E-state index contributed by atoms with van der Waals surface area (Å²) >= 11 is 5.54. The van der Waals surface area contributed by atoms with Crippen molar-refractivity contribution < 1.29 is 13.2 Å². The Morgan fingerprint density at radius 1 is 1.19 bits per heavy atom. The zero-order valence-corrected chi connectivity index (χ0v) is 12.9. The molecule has 2 rings (SSSR count). The Balaban J connectivity index is 2.13. The average Bonchev–Trinajstić information content (AvgIpc) is 2.47. The molecule has 0 unspecified atom stereocenters. The molecule has 0 atom stereocenters. The molecule has 8 heteroatoms. The van der Waals surface area contributed by atoms with Crippen molar-refractivity contribution in [3.63, 3.8) is 0 Å². The molecule has 6 nitrogen and oxygen atoms in total. The maximum atomic E-state index is 12.1. The fourth-order valence-corrected chi connectivity index (χ4v) is 2.71. The first-order valence-electron chi connectivity index (χ1n) is 6.06. The Kier molecular flexibility index (Phi) is 5.24. The fourth-order valence-electron chi connectivity index (χ4n) is 1.72. The summed E-state index contributed by atoms with van der Waals surface area (Å²) < 4.78 is 31.8. The molecule has 0 saturated carbocycles. The number of methoxy groups -OCH3 is 1. The van der Waals surface area contributed by atoms with Gasteiger partial charge in [0.15, 0.2) is 0 Å². The molecule has 1 heterocycles. The van der Waals surface area contributed by atoms with Gasteiger partial charge in [-0.1, -0.05) is 24.3 Å². The lowest BCUT2D eigenvalue weighted by Gasteiger charge is -2.10. The monoisotopic (exact) mass is 327 g/mol. The minimum absolute atomic E-state index is 0.000565. The molecule has 112 valence electrons. The van der Waals surface area contributed by atoms with E-state index in [0.717, 1.165) is 11.1 Å². The number of aromatic nitrogens is 2. The van der Waals surface area contributed by atoms with Gasteiger partial charge in [-0.15, -0.1) is 0 Å². The van der Waals surface area contributed by atoms with Crippen LogP contribution < -0.4 is 4.72 Å². The van der Waals surface area contributed by atoms with E-state index in [0.29, 0.717) is 6.61 Å². The van der Waals surface area contributed by atoms with Crippen LogP contribution in [0.1, 0.15) is 11.1 Å². The minimum Gasteiger partial charge on any atom is -0.380 e. The van der Waals surface area contributed by atoms with Crippen LogP contribution in [-0.2, 0) is 27.9 Å². The van der Waals surface area contributed by atoms with Crippen molar-refractivity contribution in [3.05, 3.63) is 53.1 Å². The minimum atomic E-state index is -3.68. The van der Waals surface area contributed by atoms with Gasteiger partial charge in [-0.05, 0) is 22.7 Å². The van der Waals surface area contributed by atoms with E-state index in [1.165, 1.54) is 12.4 Å². The summed E-state index contributed by atoms with van der Waals surface area (Å²) in [6.07, 6.45) is 2.33. The Labute approximate surface area is 128 Å². The molecular weight excluding hydrogens is 314 g/mol. The van der Waals surface area contributed by atoms with Gasteiger partial charge in [0.1, 0.15) is 4.90 Å². The Morgan fingerprint density at radius 2 is 1.81 bits per heavy atom. The van der Waals surface area contributed by atoms with Crippen molar-refractivity contribution in [3.8, 4) is 0 Å². The van der Waals surface area contributed by atoms with Crippen molar-refractivity contribution >= 4 is 21.6 Å². The predicted molar refractivity (Wildman–Crippen MR) is 78.2 cm³/mol. The Hall–Kier alpha value is -1.54. The van der Waals surface area contributed by atoms with Crippen molar-refractivity contribution in [2.45, 2.75) is 18.0 Å². The summed E-state index contributed by atoms with van der Waals surface area (Å²) in [6.45, 7) is 0.576. The Bertz CT molecular complexity index is 705. The van der Waals surface area contributed by atoms with Gasteiger partial charge in [0.25, 0.3) is 0 Å². The number of ether oxygens (including phenoxy) is 1. The van der Waals surface area contributed by atoms with Gasteiger partial charge in [0.2, 0.25) is 15.3 Å². The third-order valence-corrected chi connectivity index (χ3v) is 4.33. The van der Waals surface area contributed by atoms with Crippen molar-refractivity contribution in [1.29, 1.82) is 0 Å². The van der Waals surface area contributed by atoms with Gasteiger partial charge in [-0.25, -0.2) is 23.1 Å². The number of rotatable bonds is 6. The number of hydrogen-bond acceptors (Lipinski definition) is 5. The summed E-state index contributed by atoms with van der Waals surface area (Å²) in [4.78, 5) is 7.29. The molecule has 0 aliphatic carbocycles. The first-order chi connectivity index (χ1) is 10.0. The molecule has 2 aromatic rings. The molecular formula is C13H14ClN3O3S. The molecule has 0 saturated heterocycles. The van der Waals surface area contributed by atoms with Crippen molar-refractivity contribution in [1.82, 2.24) is 14.7 Å². The van der Waals surface area contributed by atoms with Crippen molar-refractivity contribution in [2.24, 2.45) is 0 Å². The van der Waals surface area contributed by atoms with Gasteiger partial charge in [-0.2, -0.15) is 0 Å². The largest absolute Gasteiger partial charge is 0.380 e. The van der Waals surface area contributed by atoms with Gasteiger partial charge < -0.3 is 4.74 Å². The lowest BCUT2D eigenvalue weighted by molar-refractivity contribution is 0.184. The molecule has 0 amide bonds. The lowest BCUT2D eigenvalue weighted by atomic mass is 10.1. The normalized spacial score (nSPS) is 11.5. The molecule has 0 radical (unpaired) electrons. The van der Waals surface area contributed by atoms with Crippen LogP contribution in [0.5, 0.6) is 0 Å². The topological polar surface area (TPSA) is 81.2 Å². The molecule has 0 aliphatic rings. The fraction of sp³-hybridized carbons (Fsp3) is 0.231. The van der Waals surface area contributed by atoms with Crippen LogP contribution in [0.15, 0.2) is 41.6 Å². The molecule has 1 N–H and O–H groups in total. The molecule has 1 aromatic carbocycles. The highest BCUT2D eigenvalue weighted by Gasteiger charge is 2.15. The maximum Gasteiger partial charge on any atom is 0.243 e. The highest BCUT2D eigenvalue weighted by atomic mass is 35.5. The SMILES string of the molecule is COCc1ccccc1CNS(=O)(=O)c1cnc(Cl)nc1. The highest BCUT2D eigenvalue weighted by Crippen LogP contribution is 2.12. The van der Waals surface area contributed by atoms with Gasteiger partial charge in [0.05, 0.1) is 19.0 Å². The number of benzene rings is 1. The summed E-state index contributed by atoms with van der Waals surface area (Å²) in [6, 6.07) is 7.45. The van der Waals surface area contributed by atoms with Crippen LogP contribution >= 0.6 is 11.6 Å².